The van der Waals surface area contributed by atoms with Gasteiger partial charge in [-0.15, -0.1) is 22.0 Å². The van der Waals surface area contributed by atoms with E-state index in [1.54, 1.807) is 49.9 Å². The number of aromatic nitrogens is 2. The minimum absolute atomic E-state index is 0. The number of halogens is 1. The van der Waals surface area contributed by atoms with Crippen LogP contribution in [0, 0.1) is 11.3 Å². The van der Waals surface area contributed by atoms with Gasteiger partial charge in [0, 0.05) is 35.6 Å². The van der Waals surface area contributed by atoms with Crippen LogP contribution in [-0.2, 0) is 38.2 Å². The highest BCUT2D eigenvalue weighted by atomic mass is 79.9. The summed E-state index contributed by atoms with van der Waals surface area (Å²) in [6, 6.07) is 3.51. The number of imidazole rings is 1. The van der Waals surface area contributed by atoms with Crippen LogP contribution in [0.2, 0.25) is 0 Å². The molecule has 2 rings (SSSR count). The Balaban J connectivity index is 0.00000924. The predicted molar refractivity (Wildman–Crippen MR) is 174 cm³/mol. The molecule has 0 bridgehead atoms. The molecule has 0 unspecified atom stereocenters. The molecule has 0 atom stereocenters. The zero-order valence-electron chi connectivity index (χ0n) is 27.9. The van der Waals surface area contributed by atoms with Crippen molar-refractivity contribution in [3.8, 4) is 5.75 Å². The van der Waals surface area contributed by atoms with Gasteiger partial charge < -0.3 is 23.7 Å². The van der Waals surface area contributed by atoms with E-state index in [1.165, 1.54) is 0 Å². The fraction of sp³-hybridized carbons (Fsp3) is 0.636. The van der Waals surface area contributed by atoms with E-state index in [-0.39, 0.29) is 51.5 Å². The third-order valence-electron chi connectivity index (χ3n) is 7.41. The van der Waals surface area contributed by atoms with Crippen molar-refractivity contribution >= 4 is 34.8 Å². The Bertz CT molecular complexity index is 1300. The molecule has 0 aliphatic rings. The number of esters is 1. The number of carbonyl (C=O) groups excluding carboxylic acids is 3. The van der Waals surface area contributed by atoms with Gasteiger partial charge in [-0.25, -0.2) is 4.79 Å². The van der Waals surface area contributed by atoms with Gasteiger partial charge in [0.05, 0.1) is 12.0 Å². The summed E-state index contributed by atoms with van der Waals surface area (Å²) in [4.78, 5) is 42.6. The fourth-order valence-electron chi connectivity index (χ4n) is 4.55. The lowest BCUT2D eigenvalue weighted by atomic mass is 9.78. The van der Waals surface area contributed by atoms with Gasteiger partial charge in [-0.05, 0) is 56.1 Å². The number of ketones is 1. The van der Waals surface area contributed by atoms with Gasteiger partial charge in [-0.2, -0.15) is 0 Å². The molecule has 9 nitrogen and oxygen atoms in total. The molecule has 0 saturated carbocycles. The number of nitrogens with zero attached hydrogens (tertiary/aromatic N) is 3. The first-order valence-electron chi connectivity index (χ1n) is 14.8. The molecule has 1 amide bonds. The van der Waals surface area contributed by atoms with Gasteiger partial charge in [0.15, 0.2) is 5.78 Å². The van der Waals surface area contributed by atoms with Crippen molar-refractivity contribution in [2.45, 2.75) is 119 Å². The molecular weight excluding hydrogens is 614 g/mol. The highest BCUT2D eigenvalue weighted by molar-refractivity contribution is 8.93. The van der Waals surface area contributed by atoms with Crippen molar-refractivity contribution in [2.75, 3.05) is 6.79 Å². The summed E-state index contributed by atoms with van der Waals surface area (Å²) in [5, 5.41) is 11.1. The third-order valence-corrected chi connectivity index (χ3v) is 7.41. The first kappa shape index (κ1) is 38.1. The van der Waals surface area contributed by atoms with Gasteiger partial charge in [-0.1, -0.05) is 68.2 Å². The number of hydrogen-bond donors (Lipinski definition) is 1. The van der Waals surface area contributed by atoms with E-state index in [4.69, 9.17) is 9.47 Å². The number of ether oxygens (including phenoxy) is 2. The van der Waals surface area contributed by atoms with Gasteiger partial charge in [-0.3, -0.25) is 9.59 Å². The summed E-state index contributed by atoms with van der Waals surface area (Å²) >= 11 is 0. The van der Waals surface area contributed by atoms with E-state index >= 15 is 0 Å². The van der Waals surface area contributed by atoms with Crippen LogP contribution in [0.1, 0.15) is 117 Å². The minimum Gasteiger partial charge on any atom is -0.507 e. The Labute approximate surface area is 267 Å². The normalized spacial score (nSPS) is 12.7. The number of benzene rings is 1. The highest BCUT2D eigenvalue weighted by Gasteiger charge is 2.28. The van der Waals surface area contributed by atoms with E-state index < -0.39 is 24.3 Å². The zero-order valence-corrected chi connectivity index (χ0v) is 29.6. The first-order valence-corrected chi connectivity index (χ1v) is 14.8. The number of rotatable bonds is 10. The standard InChI is InChI=1S/C33H51N3O6.BrH/c1-12-22(13-2)14-15-35-16-17-36(29(35)34-30(40)42-21-41-28(39)33(9,10)11)20-26(37)23-18-24(31(3,4)5)27(38)25(19-23)32(6,7)8;/h16-19,22,38H,12-15,20-21H2,1-11H3;1H/b34-29+;. The fourth-order valence-corrected chi connectivity index (χ4v) is 4.55. The number of carbonyl (C=O) groups is 3. The van der Waals surface area contributed by atoms with Crippen LogP contribution in [0.4, 0.5) is 4.79 Å². The second-order valence-corrected chi connectivity index (χ2v) is 14.1. The van der Waals surface area contributed by atoms with Gasteiger partial charge in [0.1, 0.15) is 5.75 Å². The topological polar surface area (TPSA) is 112 Å². The minimum atomic E-state index is -0.921. The summed E-state index contributed by atoms with van der Waals surface area (Å²) in [7, 11) is 0. The molecule has 242 valence electrons. The number of phenols is 1. The van der Waals surface area contributed by atoms with Crippen molar-refractivity contribution in [1.29, 1.82) is 0 Å². The lowest BCUT2D eigenvalue weighted by Crippen LogP contribution is -2.31. The van der Waals surface area contributed by atoms with Crippen LogP contribution in [0.5, 0.6) is 5.75 Å². The predicted octanol–water partition coefficient (Wildman–Crippen LogP) is 7.46. The molecule has 1 N–H and O–H groups in total. The molecule has 0 aliphatic carbocycles. The average molecular weight is 667 g/mol. The second-order valence-electron chi connectivity index (χ2n) is 14.1. The van der Waals surface area contributed by atoms with Gasteiger partial charge in [0.25, 0.3) is 0 Å². The van der Waals surface area contributed by atoms with Crippen molar-refractivity contribution in [1.82, 2.24) is 9.13 Å². The monoisotopic (exact) mass is 665 g/mol. The summed E-state index contributed by atoms with van der Waals surface area (Å²) in [5.74, 6) is 0.0420. The maximum Gasteiger partial charge on any atom is 0.439 e. The maximum atomic E-state index is 13.7. The number of aryl methyl sites for hydroxylation is 1. The number of aromatic hydroxyl groups is 1. The second kappa shape index (κ2) is 15.2. The van der Waals surface area contributed by atoms with Crippen LogP contribution in [-0.4, -0.2) is 38.9 Å². The number of amides is 1. The molecule has 1 aromatic carbocycles. The maximum absolute atomic E-state index is 13.7. The lowest BCUT2D eigenvalue weighted by molar-refractivity contribution is -0.161. The summed E-state index contributed by atoms with van der Waals surface area (Å²) in [6.45, 7) is 21.4. The molecule has 0 aliphatic heterocycles. The largest absolute Gasteiger partial charge is 0.507 e. The van der Waals surface area contributed by atoms with Crippen LogP contribution >= 0.6 is 17.0 Å². The van der Waals surface area contributed by atoms with Crippen molar-refractivity contribution in [2.24, 2.45) is 16.3 Å². The lowest BCUT2D eigenvalue weighted by Gasteiger charge is -2.28. The Morgan fingerprint density at radius 1 is 0.860 bits per heavy atom. The first-order chi connectivity index (χ1) is 19.3. The van der Waals surface area contributed by atoms with Crippen LogP contribution < -0.4 is 5.62 Å². The van der Waals surface area contributed by atoms with Crippen molar-refractivity contribution in [3.63, 3.8) is 0 Å². The molecule has 1 aromatic heterocycles. The van der Waals surface area contributed by atoms with Gasteiger partial charge in [0.2, 0.25) is 12.4 Å². The average Bonchev–Trinajstić information content (AvgIpc) is 3.23. The SMILES string of the molecule is Br.CCC(CC)CCn1ccn(CC(=O)c2cc(C(C)(C)C)c(O)c(C(C)(C)C)c2)/c1=N/C(=O)OCOC(=O)C(C)(C)C. The van der Waals surface area contributed by atoms with E-state index in [0.717, 1.165) is 19.3 Å². The van der Waals surface area contributed by atoms with E-state index in [0.29, 0.717) is 29.2 Å². The van der Waals surface area contributed by atoms with Crippen molar-refractivity contribution < 1.29 is 29.0 Å². The summed E-state index contributed by atoms with van der Waals surface area (Å²) in [6.07, 6.45) is 5.58. The summed E-state index contributed by atoms with van der Waals surface area (Å²) in [5.41, 5.74) is 0.646. The molecule has 0 radical (unpaired) electrons. The van der Waals surface area contributed by atoms with Crippen LogP contribution in [0.15, 0.2) is 29.5 Å². The Morgan fingerprint density at radius 2 is 1.37 bits per heavy atom. The number of hydrogen-bond acceptors (Lipinski definition) is 6. The van der Waals surface area contributed by atoms with Gasteiger partial charge >= 0.3 is 12.1 Å². The molecular formula is C33H52BrN3O6. The Hall–Kier alpha value is -2.88. The number of phenolic OH excluding ortho intramolecular Hbond substituents is 1. The van der Waals surface area contributed by atoms with E-state index in [9.17, 15) is 19.5 Å². The third kappa shape index (κ3) is 10.7. The van der Waals surface area contributed by atoms with E-state index in [2.05, 4.69) is 18.8 Å². The Morgan fingerprint density at radius 3 is 1.84 bits per heavy atom. The molecule has 0 spiro atoms. The highest BCUT2D eigenvalue weighted by Crippen LogP contribution is 2.40. The molecule has 43 heavy (non-hydrogen) atoms. The Kier molecular flexibility index (Phi) is 13.5. The zero-order chi connectivity index (χ0) is 32.0. The van der Waals surface area contributed by atoms with Crippen molar-refractivity contribution in [3.05, 3.63) is 46.8 Å². The molecule has 1 heterocycles. The molecule has 0 saturated heterocycles. The molecule has 2 aromatic rings. The van der Waals surface area contributed by atoms with E-state index in [1.807, 2.05) is 46.1 Å². The molecule has 10 heteroatoms. The quantitative estimate of drug-likeness (QED) is 0.160. The number of Topliss-reactive ketones (excluding diaryl/α,β-unsaturated/α-hetero) is 1. The van der Waals surface area contributed by atoms with Crippen LogP contribution in [0.25, 0.3) is 0 Å². The smallest absolute Gasteiger partial charge is 0.439 e. The molecule has 0 fully saturated rings. The van der Waals surface area contributed by atoms with Crippen LogP contribution in [0.3, 0.4) is 0 Å². The summed E-state index contributed by atoms with van der Waals surface area (Å²) < 4.78 is 13.6.